The van der Waals surface area contributed by atoms with E-state index in [2.05, 4.69) is 9.97 Å². The average molecular weight is 386 g/mol. The molecule has 4 rings (SSSR count). The Bertz CT molecular complexity index is 917. The smallest absolute Gasteiger partial charge is 0.273 e. The van der Waals surface area contributed by atoms with Crippen LogP contribution in [0, 0.1) is 0 Å². The second-order valence-electron chi connectivity index (χ2n) is 6.81. The molecule has 1 saturated heterocycles. The maximum absolute atomic E-state index is 13.1. The van der Waals surface area contributed by atoms with E-state index >= 15 is 0 Å². The zero-order chi connectivity index (χ0) is 19.0. The highest BCUT2D eigenvalue weighted by atomic mass is 35.5. The molecule has 1 fully saturated rings. The third-order valence-electron chi connectivity index (χ3n) is 5.03. The van der Waals surface area contributed by atoms with E-state index in [9.17, 15) is 9.59 Å². The van der Waals surface area contributed by atoms with Crippen LogP contribution in [0.3, 0.4) is 0 Å². The summed E-state index contributed by atoms with van der Waals surface area (Å²) in [6, 6.07) is 7.15. The highest BCUT2D eigenvalue weighted by Gasteiger charge is 2.31. The van der Waals surface area contributed by atoms with E-state index in [0.717, 1.165) is 42.6 Å². The molecular formula is C19H20ClN5O2. The summed E-state index contributed by atoms with van der Waals surface area (Å²) in [6.07, 6.45) is 3.62. The maximum Gasteiger partial charge on any atom is 0.273 e. The number of anilines is 2. The largest absolute Gasteiger partial charge is 0.368 e. The van der Waals surface area contributed by atoms with Crippen LogP contribution in [0.1, 0.15) is 34.6 Å². The summed E-state index contributed by atoms with van der Waals surface area (Å²) in [5.74, 6) is -0.281. The Hall–Kier alpha value is -2.67. The standard InChI is InChI=1S/C19H20ClN5O2/c20-12-4-3-5-13(10-12)25-9-8-24(11-16(25)26)18(27)17-14-6-1-2-7-15(14)22-19(21)23-17/h3-5,10H,1-2,6-9,11H2,(H2,21,22,23). The van der Waals surface area contributed by atoms with Gasteiger partial charge in [0.25, 0.3) is 5.91 Å². The summed E-state index contributed by atoms with van der Waals surface area (Å²) in [4.78, 5) is 37.4. The third-order valence-corrected chi connectivity index (χ3v) is 5.27. The predicted molar refractivity (Wildman–Crippen MR) is 103 cm³/mol. The zero-order valence-electron chi connectivity index (χ0n) is 14.8. The van der Waals surface area contributed by atoms with Crippen LogP contribution in [0.2, 0.25) is 5.02 Å². The molecular weight excluding hydrogens is 366 g/mol. The molecule has 2 aliphatic rings. The molecule has 0 radical (unpaired) electrons. The summed E-state index contributed by atoms with van der Waals surface area (Å²) >= 11 is 6.02. The van der Waals surface area contributed by atoms with Crippen LogP contribution < -0.4 is 10.6 Å². The molecule has 0 spiro atoms. The van der Waals surface area contributed by atoms with Gasteiger partial charge in [-0.2, -0.15) is 0 Å². The number of hydrogen-bond donors (Lipinski definition) is 1. The number of halogens is 1. The Balaban J connectivity index is 1.55. The Morgan fingerprint density at radius 3 is 2.74 bits per heavy atom. The number of piperazine rings is 1. The van der Waals surface area contributed by atoms with Crippen LogP contribution in [0.4, 0.5) is 11.6 Å². The van der Waals surface area contributed by atoms with Crippen LogP contribution in [0.5, 0.6) is 0 Å². The lowest BCUT2D eigenvalue weighted by Gasteiger charge is -2.34. The highest BCUT2D eigenvalue weighted by Crippen LogP contribution is 2.25. The number of aryl methyl sites for hydroxylation is 1. The minimum atomic E-state index is -0.249. The van der Waals surface area contributed by atoms with Crippen molar-refractivity contribution in [1.29, 1.82) is 0 Å². The zero-order valence-corrected chi connectivity index (χ0v) is 15.6. The Kier molecular flexibility index (Phi) is 4.70. The van der Waals surface area contributed by atoms with E-state index in [1.165, 1.54) is 0 Å². The van der Waals surface area contributed by atoms with Gasteiger partial charge in [-0.05, 0) is 43.9 Å². The van der Waals surface area contributed by atoms with E-state index < -0.39 is 0 Å². The first kappa shape index (κ1) is 17.7. The van der Waals surface area contributed by atoms with Crippen LogP contribution in [-0.4, -0.2) is 46.3 Å². The van der Waals surface area contributed by atoms with Crippen molar-refractivity contribution in [3.05, 3.63) is 46.2 Å². The summed E-state index contributed by atoms with van der Waals surface area (Å²) in [7, 11) is 0. The van der Waals surface area contributed by atoms with Crippen molar-refractivity contribution >= 4 is 35.1 Å². The molecule has 0 bridgehead atoms. The number of carbonyl (C=O) groups excluding carboxylic acids is 2. The van der Waals surface area contributed by atoms with Gasteiger partial charge in [0, 0.05) is 35.1 Å². The molecule has 1 aliphatic heterocycles. The van der Waals surface area contributed by atoms with Gasteiger partial charge in [-0.15, -0.1) is 0 Å². The lowest BCUT2D eigenvalue weighted by atomic mass is 9.94. The van der Waals surface area contributed by atoms with Gasteiger partial charge < -0.3 is 15.5 Å². The normalized spacial score (nSPS) is 17.0. The van der Waals surface area contributed by atoms with E-state index in [0.29, 0.717) is 23.8 Å². The molecule has 0 saturated carbocycles. The Morgan fingerprint density at radius 2 is 1.96 bits per heavy atom. The number of nitrogens with zero attached hydrogens (tertiary/aromatic N) is 4. The number of fused-ring (bicyclic) bond motifs is 1. The first-order valence-corrected chi connectivity index (χ1v) is 9.41. The number of aromatic nitrogens is 2. The van der Waals surface area contributed by atoms with Gasteiger partial charge >= 0.3 is 0 Å². The number of hydrogen-bond acceptors (Lipinski definition) is 5. The molecule has 140 valence electrons. The van der Waals surface area contributed by atoms with Crippen molar-refractivity contribution < 1.29 is 9.59 Å². The summed E-state index contributed by atoms with van der Waals surface area (Å²) in [6.45, 7) is 0.841. The molecule has 7 nitrogen and oxygen atoms in total. The molecule has 0 atom stereocenters. The van der Waals surface area contributed by atoms with Crippen LogP contribution in [0.15, 0.2) is 24.3 Å². The maximum atomic E-state index is 13.1. The van der Waals surface area contributed by atoms with Crippen molar-refractivity contribution in [3.8, 4) is 0 Å². The van der Waals surface area contributed by atoms with Crippen molar-refractivity contribution in [2.24, 2.45) is 0 Å². The van der Waals surface area contributed by atoms with E-state index in [4.69, 9.17) is 17.3 Å². The van der Waals surface area contributed by atoms with Crippen LogP contribution in [0.25, 0.3) is 0 Å². The quantitative estimate of drug-likeness (QED) is 0.854. The molecule has 2 aromatic rings. The second-order valence-corrected chi connectivity index (χ2v) is 7.25. The molecule has 27 heavy (non-hydrogen) atoms. The molecule has 2 amide bonds. The van der Waals surface area contributed by atoms with Gasteiger partial charge in [-0.1, -0.05) is 17.7 Å². The number of amides is 2. The second kappa shape index (κ2) is 7.15. The third kappa shape index (κ3) is 3.47. The fourth-order valence-electron chi connectivity index (χ4n) is 3.70. The lowest BCUT2D eigenvalue weighted by Crippen LogP contribution is -2.52. The van der Waals surface area contributed by atoms with Gasteiger partial charge in [-0.3, -0.25) is 9.59 Å². The Labute approximate surface area is 162 Å². The van der Waals surface area contributed by atoms with Crippen LogP contribution >= 0.6 is 11.6 Å². The minimum Gasteiger partial charge on any atom is -0.368 e. The Morgan fingerprint density at radius 1 is 1.15 bits per heavy atom. The molecule has 1 aliphatic carbocycles. The van der Waals surface area contributed by atoms with Crippen molar-refractivity contribution in [2.45, 2.75) is 25.7 Å². The molecule has 1 aromatic carbocycles. The van der Waals surface area contributed by atoms with Crippen molar-refractivity contribution in [3.63, 3.8) is 0 Å². The minimum absolute atomic E-state index is 0.00400. The van der Waals surface area contributed by atoms with E-state index in [-0.39, 0.29) is 24.3 Å². The number of carbonyl (C=O) groups is 2. The van der Waals surface area contributed by atoms with Crippen molar-refractivity contribution in [1.82, 2.24) is 14.9 Å². The summed E-state index contributed by atoms with van der Waals surface area (Å²) in [5, 5.41) is 0.571. The van der Waals surface area contributed by atoms with Gasteiger partial charge in [0.05, 0.1) is 0 Å². The number of nitrogens with two attached hydrogens (primary N) is 1. The fourth-order valence-corrected chi connectivity index (χ4v) is 3.89. The molecule has 8 heteroatoms. The molecule has 2 N–H and O–H groups in total. The lowest BCUT2D eigenvalue weighted by molar-refractivity contribution is -0.120. The number of benzene rings is 1. The summed E-state index contributed by atoms with van der Waals surface area (Å²) in [5.41, 5.74) is 8.64. The van der Waals surface area contributed by atoms with Gasteiger partial charge in [0.1, 0.15) is 12.2 Å². The number of rotatable bonds is 2. The molecule has 2 heterocycles. The van der Waals surface area contributed by atoms with Crippen LogP contribution in [-0.2, 0) is 17.6 Å². The fraction of sp³-hybridized carbons (Fsp3) is 0.368. The van der Waals surface area contributed by atoms with E-state index in [1.807, 2.05) is 6.07 Å². The molecule has 0 unspecified atom stereocenters. The predicted octanol–water partition coefficient (Wildman–Crippen LogP) is 2.08. The van der Waals surface area contributed by atoms with E-state index in [1.54, 1.807) is 28.0 Å². The highest BCUT2D eigenvalue weighted by molar-refractivity contribution is 6.30. The monoisotopic (exact) mass is 385 g/mol. The van der Waals surface area contributed by atoms with Gasteiger partial charge in [0.2, 0.25) is 11.9 Å². The van der Waals surface area contributed by atoms with Gasteiger partial charge in [0.15, 0.2) is 0 Å². The average Bonchev–Trinajstić information content (AvgIpc) is 2.66. The first-order chi connectivity index (χ1) is 13.0. The van der Waals surface area contributed by atoms with Crippen molar-refractivity contribution in [2.75, 3.05) is 30.3 Å². The SMILES string of the molecule is Nc1nc2c(c(C(=O)N3CCN(c4cccc(Cl)c4)C(=O)C3)n1)CCCC2. The first-order valence-electron chi connectivity index (χ1n) is 9.03. The number of nitrogen functional groups attached to an aromatic ring is 1. The summed E-state index contributed by atoms with van der Waals surface area (Å²) < 4.78 is 0. The topological polar surface area (TPSA) is 92.4 Å². The molecule has 1 aromatic heterocycles. The van der Waals surface area contributed by atoms with Gasteiger partial charge in [-0.25, -0.2) is 9.97 Å².